The van der Waals surface area contributed by atoms with Gasteiger partial charge in [-0.1, -0.05) is 6.07 Å². The van der Waals surface area contributed by atoms with Crippen molar-refractivity contribution in [1.82, 2.24) is 14.5 Å². The lowest BCUT2D eigenvalue weighted by Gasteiger charge is -2.19. The van der Waals surface area contributed by atoms with Crippen LogP contribution in [0.1, 0.15) is 65.6 Å². The average Bonchev–Trinajstić information content (AvgIpc) is 3.39. The maximum Gasteiger partial charge on any atom is 0.338 e. The van der Waals surface area contributed by atoms with Gasteiger partial charge in [0.1, 0.15) is 35.5 Å². The van der Waals surface area contributed by atoms with Gasteiger partial charge in [0.2, 0.25) is 5.88 Å². The molecule has 5 rings (SSSR count). The molecule has 0 amide bonds. The van der Waals surface area contributed by atoms with Crippen LogP contribution in [0.4, 0.5) is 22.0 Å². The Hall–Kier alpha value is -5.35. The Kier molecular flexibility index (Phi) is 10.3. The van der Waals surface area contributed by atoms with Gasteiger partial charge in [0.15, 0.2) is 0 Å². The second-order valence-electron chi connectivity index (χ2n) is 12.1. The fraction of sp³-hybridized carbons (Fsp3) is 0.278. The number of hydrogen-bond acceptors (Lipinski definition) is 7. The number of nitrogens with zero attached hydrogens (tertiary/aromatic N) is 4. The number of methoxy groups -OCH3 is 1. The molecule has 0 aliphatic carbocycles. The van der Waals surface area contributed by atoms with E-state index in [-0.39, 0.29) is 46.9 Å². The fourth-order valence-corrected chi connectivity index (χ4v) is 5.04. The first kappa shape index (κ1) is 35.0. The second kappa shape index (κ2) is 14.4. The van der Waals surface area contributed by atoms with Crippen LogP contribution < -0.4 is 4.74 Å². The molecule has 254 valence electrons. The van der Waals surface area contributed by atoms with Crippen molar-refractivity contribution in [3.8, 4) is 23.2 Å². The van der Waals surface area contributed by atoms with E-state index in [1.165, 1.54) is 19.2 Å². The summed E-state index contributed by atoms with van der Waals surface area (Å²) in [6.07, 6.45) is -3.16. The number of pyridine rings is 1. The molecule has 0 saturated heterocycles. The quantitative estimate of drug-likeness (QED) is 0.103. The summed E-state index contributed by atoms with van der Waals surface area (Å²) in [5.74, 6) is -3.05. The molecule has 0 bridgehead atoms. The van der Waals surface area contributed by atoms with E-state index in [0.717, 1.165) is 30.3 Å². The molecule has 3 aromatic carbocycles. The standard InChI is InChI=1S/C36H31F5N4O4/c1-36(2,3)49-35(46)21-7-8-29-31(14-21)45(9-10-47-4)32(43-29)15-23-12-28(39)25(17-27(23)38)30-13-24(34(40)41)16-33(44-30)48-19-22-6-5-20(18-42)11-26(22)37/h5-8,11-14,16-17,34H,9-10,15,19H2,1-4H3. The third kappa shape index (κ3) is 8.21. The lowest BCUT2D eigenvalue weighted by atomic mass is 10.0. The van der Waals surface area contributed by atoms with Gasteiger partial charge in [0, 0.05) is 42.8 Å². The van der Waals surface area contributed by atoms with Gasteiger partial charge in [0.25, 0.3) is 6.43 Å². The number of benzene rings is 3. The molecule has 0 spiro atoms. The van der Waals surface area contributed by atoms with Crippen molar-refractivity contribution in [3.05, 3.63) is 112 Å². The predicted molar refractivity (Wildman–Crippen MR) is 170 cm³/mol. The first-order valence-corrected chi connectivity index (χ1v) is 15.1. The number of esters is 1. The van der Waals surface area contributed by atoms with E-state index in [0.29, 0.717) is 23.4 Å². The minimum absolute atomic E-state index is 0.0314. The van der Waals surface area contributed by atoms with Crippen LogP contribution in [0.2, 0.25) is 0 Å². The molecule has 13 heteroatoms. The molecule has 5 aromatic rings. The van der Waals surface area contributed by atoms with Crippen molar-refractivity contribution in [2.75, 3.05) is 13.7 Å². The highest BCUT2D eigenvalue weighted by Crippen LogP contribution is 2.32. The summed E-state index contributed by atoms with van der Waals surface area (Å²) in [6.45, 7) is 5.40. The van der Waals surface area contributed by atoms with Crippen LogP contribution in [0.3, 0.4) is 0 Å². The normalized spacial score (nSPS) is 11.6. The molecule has 2 heterocycles. The topological polar surface area (TPSA) is 99.3 Å². The molecule has 49 heavy (non-hydrogen) atoms. The summed E-state index contributed by atoms with van der Waals surface area (Å²) in [6, 6.07) is 14.0. The van der Waals surface area contributed by atoms with Crippen LogP contribution >= 0.6 is 0 Å². The number of halogens is 5. The lowest BCUT2D eigenvalue weighted by molar-refractivity contribution is 0.00695. The van der Waals surface area contributed by atoms with Crippen molar-refractivity contribution in [2.45, 2.75) is 52.4 Å². The van der Waals surface area contributed by atoms with Crippen LogP contribution in [-0.4, -0.2) is 39.8 Å². The zero-order valence-corrected chi connectivity index (χ0v) is 27.0. The fourth-order valence-electron chi connectivity index (χ4n) is 5.04. The average molecular weight is 679 g/mol. The van der Waals surface area contributed by atoms with Crippen LogP contribution in [0.15, 0.2) is 60.7 Å². The number of alkyl halides is 2. The Morgan fingerprint density at radius 1 is 0.939 bits per heavy atom. The van der Waals surface area contributed by atoms with Gasteiger partial charge in [-0.05, 0) is 74.9 Å². The Bertz CT molecular complexity index is 2070. The maximum atomic E-state index is 15.6. The highest BCUT2D eigenvalue weighted by molar-refractivity contribution is 5.94. The highest BCUT2D eigenvalue weighted by atomic mass is 19.3. The van der Waals surface area contributed by atoms with Gasteiger partial charge < -0.3 is 18.8 Å². The van der Waals surface area contributed by atoms with Gasteiger partial charge in [-0.3, -0.25) is 0 Å². The number of carbonyl (C=O) groups excluding carboxylic acids is 1. The Balaban J connectivity index is 1.46. The number of fused-ring (bicyclic) bond motifs is 1. The molecule has 0 aliphatic rings. The molecule has 0 unspecified atom stereocenters. The van der Waals surface area contributed by atoms with E-state index in [1.807, 2.05) is 0 Å². The number of ether oxygens (including phenoxy) is 3. The van der Waals surface area contributed by atoms with Gasteiger partial charge in [-0.2, -0.15) is 5.26 Å². The van der Waals surface area contributed by atoms with Crippen molar-refractivity contribution >= 4 is 17.0 Å². The smallest absolute Gasteiger partial charge is 0.338 e. The van der Waals surface area contributed by atoms with Gasteiger partial charge in [0.05, 0.1) is 40.5 Å². The van der Waals surface area contributed by atoms with Gasteiger partial charge >= 0.3 is 5.97 Å². The molecule has 0 saturated carbocycles. The van der Waals surface area contributed by atoms with Gasteiger partial charge in [-0.15, -0.1) is 0 Å². The number of aromatic nitrogens is 3. The molecule has 0 radical (unpaired) electrons. The zero-order chi connectivity index (χ0) is 35.5. The third-order valence-corrected chi connectivity index (χ3v) is 7.38. The molecule has 0 aliphatic heterocycles. The SMILES string of the molecule is COCCn1c(Cc2cc(F)c(-c3cc(C(F)F)cc(OCc4ccc(C#N)cc4F)n3)cc2F)nc2ccc(C(=O)OC(C)(C)C)cc21. The molecule has 8 nitrogen and oxygen atoms in total. The Labute approximate surface area is 278 Å². The maximum absolute atomic E-state index is 15.6. The van der Waals surface area contributed by atoms with E-state index in [2.05, 4.69) is 9.97 Å². The summed E-state index contributed by atoms with van der Waals surface area (Å²) in [7, 11) is 1.51. The van der Waals surface area contributed by atoms with Crippen molar-refractivity contribution in [3.63, 3.8) is 0 Å². The minimum Gasteiger partial charge on any atom is -0.473 e. The van der Waals surface area contributed by atoms with Crippen molar-refractivity contribution in [2.24, 2.45) is 0 Å². The molecule has 0 N–H and O–H groups in total. The third-order valence-electron chi connectivity index (χ3n) is 7.38. The first-order valence-electron chi connectivity index (χ1n) is 15.1. The van der Waals surface area contributed by atoms with E-state index in [4.69, 9.17) is 19.5 Å². The van der Waals surface area contributed by atoms with Crippen LogP contribution in [-0.2, 0) is 29.0 Å². The van der Waals surface area contributed by atoms with E-state index in [1.54, 1.807) is 49.6 Å². The molecular formula is C36H31F5N4O4. The summed E-state index contributed by atoms with van der Waals surface area (Å²) in [5, 5.41) is 8.93. The summed E-state index contributed by atoms with van der Waals surface area (Å²) in [4.78, 5) is 21.4. The number of carbonyl (C=O) groups is 1. The lowest BCUT2D eigenvalue weighted by Crippen LogP contribution is -2.23. The summed E-state index contributed by atoms with van der Waals surface area (Å²) in [5.41, 5.74) is -0.582. The van der Waals surface area contributed by atoms with E-state index >= 15 is 8.78 Å². The zero-order valence-electron chi connectivity index (χ0n) is 27.0. The van der Waals surface area contributed by atoms with Crippen molar-refractivity contribution < 1.29 is 41.0 Å². The highest BCUT2D eigenvalue weighted by Gasteiger charge is 2.22. The van der Waals surface area contributed by atoms with Crippen LogP contribution in [0.5, 0.6) is 5.88 Å². The molecule has 0 fully saturated rings. The molecule has 0 atom stereocenters. The number of imidazole rings is 1. The summed E-state index contributed by atoms with van der Waals surface area (Å²) < 4.78 is 91.2. The Morgan fingerprint density at radius 3 is 2.37 bits per heavy atom. The monoisotopic (exact) mass is 678 g/mol. The predicted octanol–water partition coefficient (Wildman–Crippen LogP) is 8.10. The first-order chi connectivity index (χ1) is 23.3. The molecular weight excluding hydrogens is 647 g/mol. The van der Waals surface area contributed by atoms with Crippen molar-refractivity contribution in [1.29, 1.82) is 5.26 Å². The van der Waals surface area contributed by atoms with Crippen LogP contribution in [0.25, 0.3) is 22.3 Å². The van der Waals surface area contributed by atoms with E-state index < -0.39 is 53.2 Å². The number of hydrogen-bond donors (Lipinski definition) is 0. The largest absolute Gasteiger partial charge is 0.473 e. The Morgan fingerprint density at radius 2 is 1.69 bits per heavy atom. The van der Waals surface area contributed by atoms with Crippen LogP contribution in [0, 0.1) is 28.8 Å². The van der Waals surface area contributed by atoms with Gasteiger partial charge in [-0.25, -0.2) is 36.7 Å². The number of nitriles is 1. The minimum atomic E-state index is -3.00. The van der Waals surface area contributed by atoms with E-state index in [9.17, 15) is 18.0 Å². The molecule has 2 aromatic heterocycles. The second-order valence-corrected chi connectivity index (χ2v) is 12.1. The number of rotatable bonds is 11. The summed E-state index contributed by atoms with van der Waals surface area (Å²) >= 11 is 0.